The smallest absolute Gasteiger partial charge is 0.277 e. The van der Waals surface area contributed by atoms with E-state index in [-0.39, 0.29) is 0 Å². The number of rotatable bonds is 8. The number of methoxy groups -OCH3 is 1. The minimum atomic E-state index is 0.478. The van der Waals surface area contributed by atoms with Crippen LogP contribution in [-0.2, 0) is 12.3 Å². The quantitative estimate of drug-likeness (QED) is 0.575. The van der Waals surface area contributed by atoms with E-state index in [1.54, 1.807) is 7.11 Å². The second-order valence-corrected chi connectivity index (χ2v) is 5.99. The molecule has 0 radical (unpaired) electrons. The van der Waals surface area contributed by atoms with Crippen LogP contribution in [0.15, 0.2) is 33.9 Å². The molecule has 126 valence electrons. The fourth-order valence-corrected chi connectivity index (χ4v) is 2.75. The van der Waals surface area contributed by atoms with Crippen LogP contribution in [0.1, 0.15) is 25.6 Å². The summed E-state index contributed by atoms with van der Waals surface area (Å²) in [7, 11) is 1.63. The van der Waals surface area contributed by atoms with E-state index < -0.39 is 0 Å². The van der Waals surface area contributed by atoms with Gasteiger partial charge in [-0.3, -0.25) is 0 Å². The molecule has 0 aliphatic rings. The summed E-state index contributed by atoms with van der Waals surface area (Å²) >= 11 is 1.42. The number of aryl methyl sites for hydroxylation is 1. The average Bonchev–Trinajstić information content (AvgIpc) is 3.27. The molecule has 1 aromatic carbocycles. The van der Waals surface area contributed by atoms with Gasteiger partial charge in [-0.25, -0.2) is 4.68 Å². The van der Waals surface area contributed by atoms with Gasteiger partial charge in [0, 0.05) is 12.1 Å². The summed E-state index contributed by atoms with van der Waals surface area (Å²) in [6.45, 7) is 2.96. The first-order valence-electron chi connectivity index (χ1n) is 7.66. The highest BCUT2D eigenvalue weighted by atomic mass is 32.2. The molecule has 0 unspecified atom stereocenters. The normalized spacial score (nSPS) is 10.9. The number of thioether (sulfide) groups is 1. The summed E-state index contributed by atoms with van der Waals surface area (Å²) in [5, 5.41) is 20.4. The Balaban J connectivity index is 1.63. The van der Waals surface area contributed by atoms with Crippen LogP contribution >= 0.6 is 11.8 Å². The van der Waals surface area contributed by atoms with E-state index >= 15 is 0 Å². The lowest BCUT2D eigenvalue weighted by Gasteiger charge is -2.01. The van der Waals surface area contributed by atoms with Crippen molar-refractivity contribution in [3.63, 3.8) is 0 Å². The SMILES string of the molecule is CCCCn1nnnc1CSc1nnc(-c2ccc(OC)cc2)o1. The average molecular weight is 346 g/mol. The molecule has 8 nitrogen and oxygen atoms in total. The van der Waals surface area contributed by atoms with Crippen molar-refractivity contribution in [1.82, 2.24) is 30.4 Å². The second kappa shape index (κ2) is 7.91. The predicted molar refractivity (Wildman–Crippen MR) is 88.6 cm³/mol. The summed E-state index contributed by atoms with van der Waals surface area (Å²) in [6, 6.07) is 7.47. The minimum Gasteiger partial charge on any atom is -0.497 e. The summed E-state index contributed by atoms with van der Waals surface area (Å²) in [6.07, 6.45) is 2.15. The molecule has 0 saturated heterocycles. The van der Waals surface area contributed by atoms with Crippen LogP contribution in [-0.4, -0.2) is 37.5 Å². The molecule has 2 heterocycles. The zero-order chi connectivity index (χ0) is 16.8. The van der Waals surface area contributed by atoms with Gasteiger partial charge in [-0.05, 0) is 41.1 Å². The molecule has 0 saturated carbocycles. The van der Waals surface area contributed by atoms with E-state index in [9.17, 15) is 0 Å². The Morgan fingerprint density at radius 3 is 2.75 bits per heavy atom. The van der Waals surface area contributed by atoms with Crippen molar-refractivity contribution >= 4 is 11.8 Å². The molecule has 2 aromatic heterocycles. The zero-order valence-electron chi connectivity index (χ0n) is 13.5. The van der Waals surface area contributed by atoms with Crippen LogP contribution in [0.2, 0.25) is 0 Å². The van der Waals surface area contributed by atoms with E-state index in [0.29, 0.717) is 16.9 Å². The molecule has 0 amide bonds. The van der Waals surface area contributed by atoms with E-state index in [0.717, 1.165) is 36.5 Å². The number of hydrogen-bond acceptors (Lipinski definition) is 8. The van der Waals surface area contributed by atoms with Gasteiger partial charge in [0.1, 0.15) is 5.75 Å². The lowest BCUT2D eigenvalue weighted by atomic mass is 10.2. The molecular formula is C15H18N6O2S. The van der Waals surface area contributed by atoms with Crippen LogP contribution in [0.5, 0.6) is 5.75 Å². The number of hydrogen-bond donors (Lipinski definition) is 0. The Kier molecular flexibility index (Phi) is 5.42. The Hall–Kier alpha value is -2.42. The highest BCUT2D eigenvalue weighted by molar-refractivity contribution is 7.98. The van der Waals surface area contributed by atoms with Crippen LogP contribution in [0, 0.1) is 0 Å². The van der Waals surface area contributed by atoms with Crippen LogP contribution < -0.4 is 4.74 Å². The first-order chi connectivity index (χ1) is 11.8. The fourth-order valence-electron chi connectivity index (χ4n) is 2.05. The van der Waals surface area contributed by atoms with Gasteiger partial charge in [0.25, 0.3) is 5.22 Å². The van der Waals surface area contributed by atoms with E-state index in [1.807, 2.05) is 28.9 Å². The summed E-state index contributed by atoms with van der Waals surface area (Å²) in [5.74, 6) is 2.65. The van der Waals surface area contributed by atoms with Crippen LogP contribution in [0.3, 0.4) is 0 Å². The largest absolute Gasteiger partial charge is 0.497 e. The van der Waals surface area contributed by atoms with Crippen molar-refractivity contribution in [1.29, 1.82) is 0 Å². The number of aromatic nitrogens is 6. The third kappa shape index (κ3) is 3.91. The molecule has 3 rings (SSSR count). The second-order valence-electron chi connectivity index (χ2n) is 5.06. The summed E-state index contributed by atoms with van der Waals surface area (Å²) in [4.78, 5) is 0. The first-order valence-corrected chi connectivity index (χ1v) is 8.64. The molecule has 0 spiro atoms. The fraction of sp³-hybridized carbons (Fsp3) is 0.400. The monoisotopic (exact) mass is 346 g/mol. The van der Waals surface area contributed by atoms with Gasteiger partial charge >= 0.3 is 0 Å². The number of tetrazole rings is 1. The highest BCUT2D eigenvalue weighted by Gasteiger charge is 2.12. The lowest BCUT2D eigenvalue weighted by molar-refractivity contribution is 0.414. The van der Waals surface area contributed by atoms with Gasteiger partial charge in [-0.2, -0.15) is 0 Å². The maximum Gasteiger partial charge on any atom is 0.277 e. The van der Waals surface area contributed by atoms with Gasteiger partial charge in [-0.15, -0.1) is 15.3 Å². The van der Waals surface area contributed by atoms with Gasteiger partial charge in [-0.1, -0.05) is 25.1 Å². The van der Waals surface area contributed by atoms with Crippen LogP contribution in [0.25, 0.3) is 11.5 Å². The third-order valence-corrected chi connectivity index (χ3v) is 4.21. The number of unbranched alkanes of at least 4 members (excludes halogenated alkanes) is 1. The van der Waals surface area contributed by atoms with E-state index in [4.69, 9.17) is 9.15 Å². The van der Waals surface area contributed by atoms with Crippen molar-refractivity contribution in [2.75, 3.05) is 7.11 Å². The molecule has 0 fully saturated rings. The summed E-state index contributed by atoms with van der Waals surface area (Å²) < 4.78 is 12.6. The minimum absolute atomic E-state index is 0.478. The Bertz CT molecular complexity index is 770. The molecule has 0 atom stereocenters. The molecule has 0 N–H and O–H groups in total. The van der Waals surface area contributed by atoms with Crippen molar-refractivity contribution < 1.29 is 9.15 Å². The van der Waals surface area contributed by atoms with E-state index in [2.05, 4.69) is 32.6 Å². The number of nitrogens with zero attached hydrogens (tertiary/aromatic N) is 6. The molecule has 0 bridgehead atoms. The number of benzene rings is 1. The number of ether oxygens (including phenoxy) is 1. The topological polar surface area (TPSA) is 91.8 Å². The Morgan fingerprint density at radius 2 is 2.00 bits per heavy atom. The third-order valence-electron chi connectivity index (χ3n) is 3.40. The van der Waals surface area contributed by atoms with Crippen molar-refractivity contribution in [3.8, 4) is 17.2 Å². The molecule has 0 aliphatic carbocycles. The van der Waals surface area contributed by atoms with Crippen molar-refractivity contribution in [3.05, 3.63) is 30.1 Å². The summed E-state index contributed by atoms with van der Waals surface area (Å²) in [5.41, 5.74) is 0.850. The maximum atomic E-state index is 5.68. The Morgan fingerprint density at radius 1 is 1.17 bits per heavy atom. The molecule has 24 heavy (non-hydrogen) atoms. The van der Waals surface area contributed by atoms with Crippen molar-refractivity contribution in [2.45, 2.75) is 37.3 Å². The lowest BCUT2D eigenvalue weighted by Crippen LogP contribution is -2.04. The molecular weight excluding hydrogens is 328 g/mol. The highest BCUT2D eigenvalue weighted by Crippen LogP contribution is 2.26. The first kappa shape index (κ1) is 16.4. The van der Waals surface area contributed by atoms with Gasteiger partial charge in [0.2, 0.25) is 5.89 Å². The molecule has 9 heteroatoms. The standard InChI is InChI=1S/C15H18N6O2S/c1-3-4-9-21-13(16-19-20-21)10-24-15-18-17-14(23-15)11-5-7-12(22-2)8-6-11/h5-8H,3-4,9-10H2,1-2H3. The van der Waals surface area contributed by atoms with Gasteiger partial charge in [0.05, 0.1) is 12.9 Å². The Labute approximate surface area is 143 Å². The molecule has 3 aromatic rings. The van der Waals surface area contributed by atoms with Gasteiger partial charge < -0.3 is 9.15 Å². The predicted octanol–water partition coefficient (Wildman–Crippen LogP) is 2.82. The van der Waals surface area contributed by atoms with Crippen LogP contribution in [0.4, 0.5) is 0 Å². The zero-order valence-corrected chi connectivity index (χ0v) is 14.4. The van der Waals surface area contributed by atoms with Gasteiger partial charge in [0.15, 0.2) is 5.82 Å². The molecule has 0 aliphatic heterocycles. The van der Waals surface area contributed by atoms with E-state index in [1.165, 1.54) is 11.8 Å². The maximum absolute atomic E-state index is 5.68. The van der Waals surface area contributed by atoms with Crippen molar-refractivity contribution in [2.24, 2.45) is 0 Å².